The molecule has 0 saturated heterocycles. The summed E-state index contributed by atoms with van der Waals surface area (Å²) in [5, 5.41) is 3.07. The molecule has 0 bridgehead atoms. The van der Waals surface area contributed by atoms with Crippen LogP contribution in [0.5, 0.6) is 0 Å². The minimum absolute atomic E-state index is 0.0574. The van der Waals surface area contributed by atoms with Gasteiger partial charge in [-0.05, 0) is 43.2 Å². The Labute approximate surface area is 164 Å². The summed E-state index contributed by atoms with van der Waals surface area (Å²) in [4.78, 5) is 17.7. The number of nitrogens with one attached hydrogen (secondary N) is 1. The van der Waals surface area contributed by atoms with Crippen LogP contribution in [0.1, 0.15) is 18.1 Å². The predicted molar refractivity (Wildman–Crippen MR) is 114 cm³/mol. The first-order chi connectivity index (χ1) is 13.7. The van der Waals surface area contributed by atoms with Crippen molar-refractivity contribution in [1.29, 1.82) is 0 Å². The number of hydrogen-bond acceptors (Lipinski definition) is 2. The second-order valence-electron chi connectivity index (χ2n) is 6.94. The molecule has 28 heavy (non-hydrogen) atoms. The number of carbonyl (C=O) groups is 1. The number of imidazole rings is 1. The Hall–Kier alpha value is -3.40. The molecule has 0 aliphatic rings. The smallest absolute Gasteiger partial charge is 0.244 e. The van der Waals surface area contributed by atoms with Crippen molar-refractivity contribution in [2.45, 2.75) is 26.8 Å². The molecule has 0 atom stereocenters. The van der Waals surface area contributed by atoms with Gasteiger partial charge in [0.2, 0.25) is 5.91 Å². The van der Waals surface area contributed by atoms with E-state index in [0.717, 1.165) is 45.7 Å². The third kappa shape index (κ3) is 3.54. The summed E-state index contributed by atoms with van der Waals surface area (Å²) < 4.78 is 1.99. The minimum atomic E-state index is -0.0574. The van der Waals surface area contributed by atoms with Crippen molar-refractivity contribution < 1.29 is 4.79 Å². The van der Waals surface area contributed by atoms with Crippen LogP contribution in [-0.2, 0) is 17.8 Å². The molecule has 4 aromatic rings. The normalized spacial score (nSPS) is 10.9. The average molecular weight is 369 g/mol. The van der Waals surface area contributed by atoms with Gasteiger partial charge in [-0.25, -0.2) is 4.98 Å². The summed E-state index contributed by atoms with van der Waals surface area (Å²) in [5.74, 6) is 0.752. The monoisotopic (exact) mass is 369 g/mol. The zero-order chi connectivity index (χ0) is 19.5. The van der Waals surface area contributed by atoms with Gasteiger partial charge in [-0.3, -0.25) is 4.79 Å². The van der Waals surface area contributed by atoms with Gasteiger partial charge >= 0.3 is 0 Å². The number of carbonyl (C=O) groups excluding carboxylic acids is 1. The molecule has 0 radical (unpaired) electrons. The van der Waals surface area contributed by atoms with E-state index in [2.05, 4.69) is 31.3 Å². The maximum atomic E-state index is 12.9. The van der Waals surface area contributed by atoms with Crippen LogP contribution < -0.4 is 5.32 Å². The summed E-state index contributed by atoms with van der Waals surface area (Å²) in [5.41, 5.74) is 6.02. The van der Waals surface area contributed by atoms with Crippen molar-refractivity contribution in [2.24, 2.45) is 0 Å². The molecule has 1 amide bonds. The fourth-order valence-electron chi connectivity index (χ4n) is 3.52. The lowest BCUT2D eigenvalue weighted by atomic mass is 10.1. The first kappa shape index (κ1) is 18.0. The highest BCUT2D eigenvalue weighted by molar-refractivity contribution is 5.93. The second kappa shape index (κ2) is 7.69. The first-order valence-corrected chi connectivity index (χ1v) is 9.56. The molecule has 1 aromatic heterocycles. The van der Waals surface area contributed by atoms with Gasteiger partial charge in [0.15, 0.2) is 0 Å². The van der Waals surface area contributed by atoms with E-state index in [4.69, 9.17) is 4.98 Å². The summed E-state index contributed by atoms with van der Waals surface area (Å²) in [7, 11) is 0. The van der Waals surface area contributed by atoms with E-state index in [9.17, 15) is 4.79 Å². The highest BCUT2D eigenvalue weighted by Crippen LogP contribution is 2.26. The fraction of sp³-hybridized carbons (Fsp3) is 0.167. The van der Waals surface area contributed by atoms with E-state index in [0.29, 0.717) is 0 Å². The van der Waals surface area contributed by atoms with Gasteiger partial charge in [-0.1, -0.05) is 61.0 Å². The predicted octanol–water partition coefficient (Wildman–Crippen LogP) is 5.21. The number of amides is 1. The lowest BCUT2D eigenvalue weighted by molar-refractivity contribution is -0.116. The van der Waals surface area contributed by atoms with E-state index in [-0.39, 0.29) is 12.5 Å². The standard InChI is InChI=1S/C24H23N3O/c1-3-18-10-4-5-12-20(18)25-23(28)16-27-22-14-7-6-13-21(22)26-24(27)19-11-8-9-17(2)15-19/h4-15H,3,16H2,1-2H3,(H,25,28). The number of hydrogen-bond donors (Lipinski definition) is 1. The van der Waals surface area contributed by atoms with Crippen molar-refractivity contribution >= 4 is 22.6 Å². The first-order valence-electron chi connectivity index (χ1n) is 9.56. The Balaban J connectivity index is 1.71. The lowest BCUT2D eigenvalue weighted by Gasteiger charge is -2.12. The second-order valence-corrected chi connectivity index (χ2v) is 6.94. The summed E-state index contributed by atoms with van der Waals surface area (Å²) in [6, 6.07) is 24.1. The molecular weight excluding hydrogens is 346 g/mol. The van der Waals surface area contributed by atoms with Crippen LogP contribution in [0.2, 0.25) is 0 Å². The van der Waals surface area contributed by atoms with Crippen LogP contribution in [0.3, 0.4) is 0 Å². The molecule has 1 heterocycles. The van der Waals surface area contributed by atoms with Gasteiger partial charge in [0.1, 0.15) is 12.4 Å². The molecule has 3 aromatic carbocycles. The Morgan fingerprint density at radius 2 is 1.79 bits per heavy atom. The Morgan fingerprint density at radius 3 is 2.61 bits per heavy atom. The largest absolute Gasteiger partial charge is 0.324 e. The molecule has 0 fully saturated rings. The molecule has 0 aliphatic heterocycles. The minimum Gasteiger partial charge on any atom is -0.324 e. The van der Waals surface area contributed by atoms with Crippen molar-refractivity contribution in [3.05, 3.63) is 83.9 Å². The topological polar surface area (TPSA) is 46.9 Å². The van der Waals surface area contributed by atoms with E-state index in [1.54, 1.807) is 0 Å². The van der Waals surface area contributed by atoms with Crippen LogP contribution in [-0.4, -0.2) is 15.5 Å². The Bertz CT molecular complexity index is 1140. The van der Waals surface area contributed by atoms with Crippen LogP contribution in [0.4, 0.5) is 5.69 Å². The van der Waals surface area contributed by atoms with Crippen molar-refractivity contribution in [1.82, 2.24) is 9.55 Å². The Morgan fingerprint density at radius 1 is 1.00 bits per heavy atom. The van der Waals surface area contributed by atoms with Crippen molar-refractivity contribution in [2.75, 3.05) is 5.32 Å². The molecule has 0 unspecified atom stereocenters. The molecule has 140 valence electrons. The summed E-state index contributed by atoms with van der Waals surface area (Å²) in [6.45, 7) is 4.36. The highest BCUT2D eigenvalue weighted by atomic mass is 16.1. The zero-order valence-corrected chi connectivity index (χ0v) is 16.1. The van der Waals surface area contributed by atoms with Gasteiger partial charge < -0.3 is 9.88 Å². The molecule has 0 saturated carbocycles. The Kier molecular flexibility index (Phi) is 4.94. The number of para-hydroxylation sites is 3. The van der Waals surface area contributed by atoms with Gasteiger partial charge in [-0.2, -0.15) is 0 Å². The van der Waals surface area contributed by atoms with Gasteiger partial charge in [0.05, 0.1) is 11.0 Å². The maximum absolute atomic E-state index is 12.9. The van der Waals surface area contributed by atoms with Crippen molar-refractivity contribution in [3.8, 4) is 11.4 Å². The van der Waals surface area contributed by atoms with Crippen molar-refractivity contribution in [3.63, 3.8) is 0 Å². The van der Waals surface area contributed by atoms with Crippen LogP contribution in [0.15, 0.2) is 72.8 Å². The number of rotatable bonds is 5. The number of aryl methyl sites for hydroxylation is 2. The van der Waals surface area contributed by atoms with E-state index in [1.807, 2.05) is 65.2 Å². The van der Waals surface area contributed by atoms with Gasteiger partial charge in [0.25, 0.3) is 0 Å². The molecule has 0 spiro atoms. The van der Waals surface area contributed by atoms with Gasteiger partial charge in [-0.15, -0.1) is 0 Å². The van der Waals surface area contributed by atoms with E-state index < -0.39 is 0 Å². The number of anilines is 1. The molecular formula is C24H23N3O. The number of nitrogens with zero attached hydrogens (tertiary/aromatic N) is 2. The lowest BCUT2D eigenvalue weighted by Crippen LogP contribution is -2.20. The quantitative estimate of drug-likeness (QED) is 0.525. The van der Waals surface area contributed by atoms with Crippen LogP contribution >= 0.6 is 0 Å². The number of benzene rings is 3. The number of fused-ring (bicyclic) bond motifs is 1. The third-order valence-corrected chi connectivity index (χ3v) is 4.90. The van der Waals surface area contributed by atoms with Crippen LogP contribution in [0.25, 0.3) is 22.4 Å². The molecule has 4 rings (SSSR count). The molecule has 1 N–H and O–H groups in total. The fourth-order valence-corrected chi connectivity index (χ4v) is 3.52. The van der Waals surface area contributed by atoms with Crippen LogP contribution in [0, 0.1) is 6.92 Å². The summed E-state index contributed by atoms with van der Waals surface area (Å²) in [6.07, 6.45) is 0.874. The number of aromatic nitrogens is 2. The van der Waals surface area contributed by atoms with E-state index >= 15 is 0 Å². The molecule has 4 nitrogen and oxygen atoms in total. The molecule has 4 heteroatoms. The highest BCUT2D eigenvalue weighted by Gasteiger charge is 2.16. The SMILES string of the molecule is CCc1ccccc1NC(=O)Cn1c(-c2cccc(C)c2)nc2ccccc21. The average Bonchev–Trinajstić information content (AvgIpc) is 3.07. The molecule has 0 aliphatic carbocycles. The third-order valence-electron chi connectivity index (χ3n) is 4.90. The van der Waals surface area contributed by atoms with E-state index in [1.165, 1.54) is 0 Å². The summed E-state index contributed by atoms with van der Waals surface area (Å²) >= 11 is 0. The maximum Gasteiger partial charge on any atom is 0.244 e. The van der Waals surface area contributed by atoms with Gasteiger partial charge in [0, 0.05) is 11.3 Å². The zero-order valence-electron chi connectivity index (χ0n) is 16.1.